The normalized spacial score (nSPS) is 13.2. The van der Waals surface area contributed by atoms with Crippen molar-refractivity contribution in [3.63, 3.8) is 0 Å². The molecule has 0 aliphatic heterocycles. The number of para-hydroxylation sites is 1. The van der Waals surface area contributed by atoms with Gasteiger partial charge >= 0.3 is 0 Å². The fraction of sp³-hybridized carbons (Fsp3) is 0.429. The molecule has 1 unspecified atom stereocenters. The van der Waals surface area contributed by atoms with Gasteiger partial charge in [-0.2, -0.15) is 0 Å². The zero-order chi connectivity index (χ0) is 11.5. The molecule has 2 aromatic rings. The van der Waals surface area contributed by atoms with Gasteiger partial charge in [0.15, 0.2) is 0 Å². The van der Waals surface area contributed by atoms with E-state index in [-0.39, 0.29) is 0 Å². The Labute approximate surface area is 97.3 Å². The quantitative estimate of drug-likeness (QED) is 0.829. The minimum absolute atomic E-state index is 0.402. The van der Waals surface area contributed by atoms with Gasteiger partial charge in [-0.3, -0.25) is 0 Å². The molecule has 1 atom stereocenters. The van der Waals surface area contributed by atoms with Crippen LogP contribution in [-0.4, -0.2) is 11.6 Å². The molecule has 0 aliphatic rings. The number of hydrogen-bond acceptors (Lipinski definition) is 1. The fourth-order valence-corrected chi connectivity index (χ4v) is 2.21. The lowest BCUT2D eigenvalue weighted by Crippen LogP contribution is -2.16. The first-order valence-corrected chi connectivity index (χ1v) is 6.03. The Bertz CT molecular complexity index is 471. The number of aryl methyl sites for hydroxylation is 1. The molecule has 1 N–H and O–H groups in total. The SMILES string of the molecule is CCCn1c(C(C)NC)cc2ccccc21. The number of fused-ring (bicyclic) bond motifs is 1. The Morgan fingerprint density at radius 2 is 2.06 bits per heavy atom. The zero-order valence-corrected chi connectivity index (χ0v) is 10.3. The van der Waals surface area contributed by atoms with Gasteiger partial charge in [-0.15, -0.1) is 0 Å². The summed E-state index contributed by atoms with van der Waals surface area (Å²) in [6.45, 7) is 5.53. The average Bonchev–Trinajstić information content (AvgIpc) is 2.68. The molecule has 0 amide bonds. The van der Waals surface area contributed by atoms with Gasteiger partial charge < -0.3 is 9.88 Å². The van der Waals surface area contributed by atoms with Crippen LogP contribution in [0.2, 0.25) is 0 Å². The summed E-state index contributed by atoms with van der Waals surface area (Å²) in [5.41, 5.74) is 2.73. The van der Waals surface area contributed by atoms with Gasteiger partial charge in [0.25, 0.3) is 0 Å². The third kappa shape index (κ3) is 1.85. The molecule has 0 bridgehead atoms. The number of nitrogens with one attached hydrogen (secondary N) is 1. The number of aromatic nitrogens is 1. The van der Waals surface area contributed by atoms with Crippen LogP contribution >= 0.6 is 0 Å². The van der Waals surface area contributed by atoms with Crippen LogP contribution in [0, 0.1) is 0 Å². The third-order valence-electron chi connectivity index (χ3n) is 3.17. The average molecular weight is 216 g/mol. The van der Waals surface area contributed by atoms with E-state index in [1.807, 2.05) is 7.05 Å². The van der Waals surface area contributed by atoms with Crippen LogP contribution in [0.15, 0.2) is 30.3 Å². The van der Waals surface area contributed by atoms with Crippen molar-refractivity contribution < 1.29 is 0 Å². The summed E-state index contributed by atoms with van der Waals surface area (Å²) in [4.78, 5) is 0. The monoisotopic (exact) mass is 216 g/mol. The highest BCUT2D eigenvalue weighted by Crippen LogP contribution is 2.24. The number of rotatable bonds is 4. The van der Waals surface area contributed by atoms with E-state index in [2.05, 4.69) is 54.1 Å². The zero-order valence-electron chi connectivity index (χ0n) is 10.3. The highest BCUT2D eigenvalue weighted by atomic mass is 15.0. The molecule has 1 aromatic heterocycles. The van der Waals surface area contributed by atoms with Crippen LogP contribution in [0.4, 0.5) is 0 Å². The maximum atomic E-state index is 3.32. The predicted molar refractivity (Wildman–Crippen MR) is 69.7 cm³/mol. The van der Waals surface area contributed by atoms with E-state index < -0.39 is 0 Å². The van der Waals surface area contributed by atoms with Gasteiger partial charge in [0, 0.05) is 23.8 Å². The van der Waals surface area contributed by atoms with Crippen molar-refractivity contribution >= 4 is 10.9 Å². The number of nitrogens with zero attached hydrogens (tertiary/aromatic N) is 1. The summed E-state index contributed by atoms with van der Waals surface area (Å²) >= 11 is 0. The van der Waals surface area contributed by atoms with Crippen molar-refractivity contribution in [2.45, 2.75) is 32.9 Å². The molecule has 86 valence electrons. The maximum Gasteiger partial charge on any atom is 0.0483 e. The first kappa shape index (κ1) is 11.2. The molecule has 2 nitrogen and oxygen atoms in total. The second kappa shape index (κ2) is 4.71. The van der Waals surface area contributed by atoms with Crippen LogP contribution < -0.4 is 5.32 Å². The lowest BCUT2D eigenvalue weighted by atomic mass is 10.2. The fourth-order valence-electron chi connectivity index (χ4n) is 2.21. The molecule has 1 aromatic carbocycles. The van der Waals surface area contributed by atoms with Crippen molar-refractivity contribution in [2.24, 2.45) is 0 Å². The molecule has 0 saturated carbocycles. The Morgan fingerprint density at radius 3 is 2.75 bits per heavy atom. The van der Waals surface area contributed by atoms with E-state index in [1.165, 1.54) is 23.0 Å². The number of hydrogen-bond donors (Lipinski definition) is 1. The highest BCUT2D eigenvalue weighted by molar-refractivity contribution is 5.81. The van der Waals surface area contributed by atoms with Crippen LogP contribution in [0.3, 0.4) is 0 Å². The molecule has 0 saturated heterocycles. The van der Waals surface area contributed by atoms with E-state index in [4.69, 9.17) is 0 Å². The summed E-state index contributed by atoms with van der Waals surface area (Å²) in [6, 6.07) is 11.3. The Kier molecular flexibility index (Phi) is 3.30. The van der Waals surface area contributed by atoms with E-state index >= 15 is 0 Å². The molecule has 2 heteroatoms. The van der Waals surface area contributed by atoms with Crippen molar-refractivity contribution in [1.82, 2.24) is 9.88 Å². The van der Waals surface area contributed by atoms with Crippen LogP contribution in [0.1, 0.15) is 32.0 Å². The van der Waals surface area contributed by atoms with Gasteiger partial charge in [0.1, 0.15) is 0 Å². The lowest BCUT2D eigenvalue weighted by molar-refractivity contribution is 0.572. The predicted octanol–water partition coefficient (Wildman–Crippen LogP) is 3.33. The topological polar surface area (TPSA) is 17.0 Å². The van der Waals surface area contributed by atoms with Crippen LogP contribution in [0.25, 0.3) is 10.9 Å². The van der Waals surface area contributed by atoms with Gasteiger partial charge in [0.05, 0.1) is 0 Å². The van der Waals surface area contributed by atoms with Crippen molar-refractivity contribution in [2.75, 3.05) is 7.05 Å². The van der Waals surface area contributed by atoms with Gasteiger partial charge in [-0.05, 0) is 37.9 Å². The summed E-state index contributed by atoms with van der Waals surface area (Å²) < 4.78 is 2.43. The van der Waals surface area contributed by atoms with Gasteiger partial charge in [-0.1, -0.05) is 25.1 Å². The molecule has 0 fully saturated rings. The maximum absolute atomic E-state index is 3.32. The minimum atomic E-state index is 0.402. The third-order valence-corrected chi connectivity index (χ3v) is 3.17. The Morgan fingerprint density at radius 1 is 1.31 bits per heavy atom. The summed E-state index contributed by atoms with van der Waals surface area (Å²) in [7, 11) is 2.01. The van der Waals surface area contributed by atoms with Crippen molar-refractivity contribution in [3.05, 3.63) is 36.0 Å². The molecule has 2 rings (SSSR count). The van der Waals surface area contributed by atoms with Gasteiger partial charge in [0.2, 0.25) is 0 Å². The molecule has 0 radical (unpaired) electrons. The molecule has 0 spiro atoms. The highest BCUT2D eigenvalue weighted by Gasteiger charge is 2.11. The first-order chi connectivity index (χ1) is 7.77. The van der Waals surface area contributed by atoms with E-state index in [0.29, 0.717) is 6.04 Å². The second-order valence-corrected chi connectivity index (χ2v) is 4.29. The second-order valence-electron chi connectivity index (χ2n) is 4.29. The van der Waals surface area contributed by atoms with E-state index in [1.54, 1.807) is 0 Å². The smallest absolute Gasteiger partial charge is 0.0483 e. The van der Waals surface area contributed by atoms with Gasteiger partial charge in [-0.25, -0.2) is 0 Å². The standard InChI is InChI=1S/C14H20N2/c1-4-9-16-13-8-6-5-7-12(13)10-14(16)11(2)15-3/h5-8,10-11,15H,4,9H2,1-3H3. The molecule has 16 heavy (non-hydrogen) atoms. The van der Waals surface area contributed by atoms with Crippen molar-refractivity contribution in [1.29, 1.82) is 0 Å². The van der Waals surface area contributed by atoms with E-state index in [0.717, 1.165) is 6.54 Å². The van der Waals surface area contributed by atoms with E-state index in [9.17, 15) is 0 Å². The Balaban J connectivity index is 2.58. The molecular weight excluding hydrogens is 196 g/mol. The van der Waals surface area contributed by atoms with Crippen LogP contribution in [0.5, 0.6) is 0 Å². The summed E-state index contributed by atoms with van der Waals surface area (Å²) in [5, 5.41) is 4.66. The minimum Gasteiger partial charge on any atom is -0.343 e. The van der Waals surface area contributed by atoms with Crippen LogP contribution in [-0.2, 0) is 6.54 Å². The number of benzene rings is 1. The lowest BCUT2D eigenvalue weighted by Gasteiger charge is -2.15. The summed E-state index contributed by atoms with van der Waals surface area (Å²) in [6.07, 6.45) is 1.17. The molecule has 1 heterocycles. The molecule has 0 aliphatic carbocycles. The van der Waals surface area contributed by atoms with Crippen molar-refractivity contribution in [3.8, 4) is 0 Å². The Hall–Kier alpha value is -1.28. The first-order valence-electron chi connectivity index (χ1n) is 6.03. The largest absolute Gasteiger partial charge is 0.343 e. The molecular formula is C14H20N2. The summed E-state index contributed by atoms with van der Waals surface area (Å²) in [5.74, 6) is 0.